The number of aliphatic hydroxyl groups is 1. The molecule has 28 heavy (non-hydrogen) atoms. The Morgan fingerprint density at radius 2 is 1.68 bits per heavy atom. The molecule has 1 saturated carbocycles. The molecule has 0 heterocycles. The van der Waals surface area contributed by atoms with Gasteiger partial charge in [0.15, 0.2) is 0 Å². The fraction of sp³-hybridized carbons (Fsp3) is 0.462. The van der Waals surface area contributed by atoms with Crippen molar-refractivity contribution in [2.45, 2.75) is 51.0 Å². The molecular formula is C26H35NO. The first-order valence-corrected chi connectivity index (χ1v) is 10.5. The Bertz CT molecular complexity index is 799. The summed E-state index contributed by atoms with van der Waals surface area (Å²) in [6.45, 7) is 7.57. The van der Waals surface area contributed by atoms with E-state index in [-0.39, 0.29) is 11.3 Å². The zero-order valence-corrected chi connectivity index (χ0v) is 18.1. The summed E-state index contributed by atoms with van der Waals surface area (Å²) in [5.41, 5.74) is 3.81. The molecule has 0 bridgehead atoms. The summed E-state index contributed by atoms with van der Waals surface area (Å²) in [6.07, 6.45) is 5.32. The van der Waals surface area contributed by atoms with E-state index < -0.39 is 5.60 Å². The van der Waals surface area contributed by atoms with Crippen LogP contribution in [0.1, 0.15) is 56.7 Å². The standard InChI is InChI=1S/C26H35NO/c1-25(2,3)21-14-16-22(17-15-21)26(28)23(18-20-10-7-6-8-11-20)12-9-13-24(26)19-27(4)5/h6-8,10-11,14-18,24,28H,9,12-13,19H2,1-5H3/b23-18+. The molecule has 0 aliphatic heterocycles. The molecule has 3 rings (SSSR count). The van der Waals surface area contributed by atoms with E-state index in [1.165, 1.54) is 5.56 Å². The molecule has 1 aliphatic rings. The number of hydrogen-bond acceptors (Lipinski definition) is 2. The second kappa shape index (κ2) is 8.23. The zero-order valence-electron chi connectivity index (χ0n) is 18.1. The van der Waals surface area contributed by atoms with Crippen LogP contribution in [-0.2, 0) is 11.0 Å². The van der Waals surface area contributed by atoms with Gasteiger partial charge in [-0.2, -0.15) is 0 Å². The van der Waals surface area contributed by atoms with Crippen molar-refractivity contribution in [3.05, 3.63) is 76.9 Å². The van der Waals surface area contributed by atoms with Crippen LogP contribution in [-0.4, -0.2) is 30.6 Å². The van der Waals surface area contributed by atoms with Crippen LogP contribution in [0.3, 0.4) is 0 Å². The Balaban J connectivity index is 2.07. The SMILES string of the molecule is CN(C)CC1CCC/C(=C\c2ccccc2)C1(O)c1ccc(C(C)(C)C)cc1. The van der Waals surface area contributed by atoms with E-state index in [4.69, 9.17) is 0 Å². The summed E-state index contributed by atoms with van der Waals surface area (Å²) in [4.78, 5) is 2.20. The second-order valence-electron chi connectivity index (χ2n) is 9.53. The molecule has 1 aliphatic carbocycles. The van der Waals surface area contributed by atoms with Crippen molar-refractivity contribution in [3.63, 3.8) is 0 Å². The van der Waals surface area contributed by atoms with Gasteiger partial charge < -0.3 is 10.0 Å². The van der Waals surface area contributed by atoms with E-state index in [0.717, 1.165) is 42.5 Å². The maximum Gasteiger partial charge on any atom is 0.115 e. The Morgan fingerprint density at radius 1 is 1.04 bits per heavy atom. The van der Waals surface area contributed by atoms with Crippen molar-refractivity contribution in [1.82, 2.24) is 4.90 Å². The van der Waals surface area contributed by atoms with Crippen molar-refractivity contribution in [2.75, 3.05) is 20.6 Å². The molecule has 0 aromatic heterocycles. The summed E-state index contributed by atoms with van der Waals surface area (Å²) >= 11 is 0. The van der Waals surface area contributed by atoms with Crippen LogP contribution in [0, 0.1) is 5.92 Å². The quantitative estimate of drug-likeness (QED) is 0.748. The van der Waals surface area contributed by atoms with Gasteiger partial charge in [-0.1, -0.05) is 81.4 Å². The van der Waals surface area contributed by atoms with E-state index in [2.05, 4.69) is 94.4 Å². The lowest BCUT2D eigenvalue weighted by molar-refractivity contribution is -0.0174. The maximum absolute atomic E-state index is 12.2. The molecule has 1 fully saturated rings. The van der Waals surface area contributed by atoms with Crippen LogP contribution >= 0.6 is 0 Å². The maximum atomic E-state index is 12.2. The first-order valence-electron chi connectivity index (χ1n) is 10.5. The van der Waals surface area contributed by atoms with Gasteiger partial charge in [-0.3, -0.25) is 0 Å². The summed E-state index contributed by atoms with van der Waals surface area (Å²) in [5.74, 6) is 0.187. The summed E-state index contributed by atoms with van der Waals surface area (Å²) in [6, 6.07) is 19.1. The summed E-state index contributed by atoms with van der Waals surface area (Å²) in [7, 11) is 4.19. The van der Waals surface area contributed by atoms with Crippen molar-refractivity contribution in [2.24, 2.45) is 5.92 Å². The normalized spacial score (nSPS) is 24.7. The predicted molar refractivity (Wildman–Crippen MR) is 119 cm³/mol. The van der Waals surface area contributed by atoms with Gasteiger partial charge in [-0.15, -0.1) is 0 Å². The van der Waals surface area contributed by atoms with E-state index in [9.17, 15) is 5.11 Å². The van der Waals surface area contributed by atoms with Crippen LogP contribution in [0.2, 0.25) is 0 Å². The summed E-state index contributed by atoms with van der Waals surface area (Å²) in [5, 5.41) is 12.2. The van der Waals surface area contributed by atoms with E-state index in [1.807, 2.05) is 6.07 Å². The molecule has 2 atom stereocenters. The predicted octanol–water partition coefficient (Wildman–Crippen LogP) is 5.62. The van der Waals surface area contributed by atoms with Gasteiger partial charge in [0.1, 0.15) is 5.60 Å². The first kappa shape index (κ1) is 20.8. The first-order chi connectivity index (χ1) is 13.2. The summed E-state index contributed by atoms with van der Waals surface area (Å²) < 4.78 is 0. The monoisotopic (exact) mass is 377 g/mol. The number of benzene rings is 2. The molecule has 2 unspecified atom stereocenters. The Labute approximate surface area is 170 Å². The van der Waals surface area contributed by atoms with Crippen LogP contribution in [0.4, 0.5) is 0 Å². The van der Waals surface area contributed by atoms with Gasteiger partial charge in [0.25, 0.3) is 0 Å². The molecule has 2 aromatic rings. The molecule has 2 heteroatoms. The van der Waals surface area contributed by atoms with Crippen LogP contribution in [0.25, 0.3) is 6.08 Å². The third-order valence-corrected chi connectivity index (χ3v) is 6.00. The molecule has 2 aromatic carbocycles. The Hall–Kier alpha value is -1.90. The average Bonchev–Trinajstić information content (AvgIpc) is 2.65. The van der Waals surface area contributed by atoms with E-state index in [1.54, 1.807) is 0 Å². The molecule has 0 saturated heterocycles. The van der Waals surface area contributed by atoms with Crippen molar-refractivity contribution in [1.29, 1.82) is 0 Å². The number of hydrogen-bond donors (Lipinski definition) is 1. The van der Waals surface area contributed by atoms with E-state index in [0.29, 0.717) is 0 Å². The zero-order chi connectivity index (χ0) is 20.4. The number of nitrogens with zero attached hydrogens (tertiary/aromatic N) is 1. The highest BCUT2D eigenvalue weighted by Crippen LogP contribution is 2.46. The highest BCUT2D eigenvalue weighted by molar-refractivity contribution is 5.57. The Morgan fingerprint density at radius 3 is 2.25 bits per heavy atom. The van der Waals surface area contributed by atoms with Crippen LogP contribution in [0.15, 0.2) is 60.2 Å². The molecule has 0 spiro atoms. The highest BCUT2D eigenvalue weighted by atomic mass is 16.3. The van der Waals surface area contributed by atoms with Crippen molar-refractivity contribution in [3.8, 4) is 0 Å². The lowest BCUT2D eigenvalue weighted by atomic mass is 9.67. The smallest absolute Gasteiger partial charge is 0.115 e. The molecule has 0 radical (unpaired) electrons. The van der Waals surface area contributed by atoms with Gasteiger partial charge in [-0.25, -0.2) is 0 Å². The van der Waals surface area contributed by atoms with Crippen LogP contribution in [0.5, 0.6) is 0 Å². The highest BCUT2D eigenvalue weighted by Gasteiger charge is 2.44. The third kappa shape index (κ3) is 4.39. The van der Waals surface area contributed by atoms with Gasteiger partial charge in [-0.05, 0) is 61.0 Å². The molecular weight excluding hydrogens is 342 g/mol. The lowest BCUT2D eigenvalue weighted by Gasteiger charge is -2.44. The fourth-order valence-electron chi connectivity index (χ4n) is 4.44. The van der Waals surface area contributed by atoms with Gasteiger partial charge in [0, 0.05) is 12.5 Å². The van der Waals surface area contributed by atoms with E-state index >= 15 is 0 Å². The minimum Gasteiger partial charge on any atom is -0.380 e. The molecule has 1 N–H and O–H groups in total. The third-order valence-electron chi connectivity index (χ3n) is 6.00. The Kier molecular flexibility index (Phi) is 6.12. The largest absolute Gasteiger partial charge is 0.380 e. The van der Waals surface area contributed by atoms with Gasteiger partial charge in [0.05, 0.1) is 0 Å². The van der Waals surface area contributed by atoms with Crippen LogP contribution < -0.4 is 0 Å². The second-order valence-corrected chi connectivity index (χ2v) is 9.53. The molecule has 2 nitrogen and oxygen atoms in total. The molecule has 0 amide bonds. The topological polar surface area (TPSA) is 23.5 Å². The number of rotatable bonds is 4. The van der Waals surface area contributed by atoms with Crippen molar-refractivity contribution >= 4 is 6.08 Å². The van der Waals surface area contributed by atoms with Gasteiger partial charge >= 0.3 is 0 Å². The lowest BCUT2D eigenvalue weighted by Crippen LogP contribution is -2.44. The fourth-order valence-corrected chi connectivity index (χ4v) is 4.44. The van der Waals surface area contributed by atoms with Gasteiger partial charge in [0.2, 0.25) is 0 Å². The van der Waals surface area contributed by atoms with Crippen molar-refractivity contribution < 1.29 is 5.11 Å². The minimum absolute atomic E-state index is 0.111. The molecule has 150 valence electrons. The average molecular weight is 378 g/mol. The minimum atomic E-state index is -0.922.